The standard InChI is InChI=1S/C46H29NO2/c1-2-10-30(11-3-1)31-20-25-34(26-21-31)47(41-17-8-16-39-38-14-6-7-18-42(38)48-46(39)41)35-27-22-33(23-28-35)36-15-9-19-43-44(36)40-29-24-32-12-4-5-13-37(32)45(40)49-43/h1-29H. The van der Waals surface area contributed by atoms with E-state index in [1.807, 2.05) is 12.1 Å². The molecule has 8 aromatic carbocycles. The van der Waals surface area contributed by atoms with Crippen LogP contribution in [0, 0.1) is 0 Å². The molecule has 0 radical (unpaired) electrons. The summed E-state index contributed by atoms with van der Waals surface area (Å²) in [6, 6.07) is 61.9. The Morgan fingerprint density at radius 2 is 0.959 bits per heavy atom. The van der Waals surface area contributed by atoms with Gasteiger partial charge < -0.3 is 13.7 Å². The van der Waals surface area contributed by atoms with Crippen molar-refractivity contribution >= 4 is 71.7 Å². The lowest BCUT2D eigenvalue weighted by atomic mass is 9.98. The number of nitrogens with zero attached hydrogens (tertiary/aromatic N) is 1. The third-order valence-electron chi connectivity index (χ3n) is 9.68. The molecule has 0 aliphatic heterocycles. The zero-order chi connectivity index (χ0) is 32.3. The summed E-state index contributed by atoms with van der Waals surface area (Å²) in [5.41, 5.74) is 11.3. The Morgan fingerprint density at radius 1 is 0.347 bits per heavy atom. The SMILES string of the molecule is c1ccc(-c2ccc(N(c3ccc(-c4cccc5oc6c7ccccc7ccc6c45)cc3)c3cccc4c3oc3ccccc34)cc2)cc1. The molecule has 0 aliphatic carbocycles. The van der Waals surface area contributed by atoms with Gasteiger partial charge in [0, 0.05) is 38.3 Å². The third-order valence-corrected chi connectivity index (χ3v) is 9.68. The summed E-state index contributed by atoms with van der Waals surface area (Å²) >= 11 is 0. The molecule has 230 valence electrons. The van der Waals surface area contributed by atoms with Crippen molar-refractivity contribution in [1.29, 1.82) is 0 Å². The highest BCUT2D eigenvalue weighted by atomic mass is 16.3. The van der Waals surface area contributed by atoms with E-state index in [2.05, 4.69) is 169 Å². The minimum Gasteiger partial charge on any atom is -0.455 e. The van der Waals surface area contributed by atoms with Crippen LogP contribution in [0.15, 0.2) is 185 Å². The summed E-state index contributed by atoms with van der Waals surface area (Å²) in [4.78, 5) is 2.29. The second kappa shape index (κ2) is 11.0. The number of hydrogen-bond donors (Lipinski definition) is 0. The Labute approximate surface area is 282 Å². The molecule has 49 heavy (non-hydrogen) atoms. The zero-order valence-electron chi connectivity index (χ0n) is 26.5. The predicted molar refractivity (Wildman–Crippen MR) is 204 cm³/mol. The van der Waals surface area contributed by atoms with E-state index in [0.29, 0.717) is 0 Å². The van der Waals surface area contributed by atoms with Crippen LogP contribution in [0.4, 0.5) is 17.1 Å². The quantitative estimate of drug-likeness (QED) is 0.190. The monoisotopic (exact) mass is 627 g/mol. The number of benzene rings is 8. The van der Waals surface area contributed by atoms with E-state index in [1.165, 1.54) is 16.5 Å². The summed E-state index contributed by atoms with van der Waals surface area (Å²) in [5.74, 6) is 0. The van der Waals surface area contributed by atoms with Crippen molar-refractivity contribution in [3.8, 4) is 22.3 Å². The summed E-state index contributed by atoms with van der Waals surface area (Å²) in [6.07, 6.45) is 0. The van der Waals surface area contributed by atoms with Crippen LogP contribution >= 0.6 is 0 Å². The fourth-order valence-electron chi connectivity index (χ4n) is 7.35. The minimum atomic E-state index is 0.863. The van der Waals surface area contributed by atoms with Gasteiger partial charge in [-0.15, -0.1) is 0 Å². The Morgan fingerprint density at radius 3 is 1.78 bits per heavy atom. The van der Waals surface area contributed by atoms with Gasteiger partial charge in [0.2, 0.25) is 0 Å². The van der Waals surface area contributed by atoms with Gasteiger partial charge in [-0.1, -0.05) is 127 Å². The molecule has 10 rings (SSSR count). The van der Waals surface area contributed by atoms with E-state index >= 15 is 0 Å². The van der Waals surface area contributed by atoms with E-state index in [9.17, 15) is 0 Å². The zero-order valence-corrected chi connectivity index (χ0v) is 26.5. The summed E-state index contributed by atoms with van der Waals surface area (Å²) < 4.78 is 13.0. The van der Waals surface area contributed by atoms with Gasteiger partial charge >= 0.3 is 0 Å². The molecule has 0 aliphatic rings. The van der Waals surface area contributed by atoms with Gasteiger partial charge in [-0.05, 0) is 76.2 Å². The van der Waals surface area contributed by atoms with Crippen molar-refractivity contribution in [2.45, 2.75) is 0 Å². The molecule has 0 saturated carbocycles. The number of rotatable bonds is 5. The summed E-state index contributed by atoms with van der Waals surface area (Å²) in [5, 5.41) is 6.79. The molecule has 2 aromatic heterocycles. The van der Waals surface area contributed by atoms with E-state index in [4.69, 9.17) is 8.83 Å². The number of furan rings is 2. The van der Waals surface area contributed by atoms with E-state index < -0.39 is 0 Å². The first kappa shape index (κ1) is 27.5. The van der Waals surface area contributed by atoms with Crippen molar-refractivity contribution in [3.05, 3.63) is 176 Å². The molecule has 3 heteroatoms. The van der Waals surface area contributed by atoms with Gasteiger partial charge in [0.15, 0.2) is 5.58 Å². The van der Waals surface area contributed by atoms with Gasteiger partial charge in [0.05, 0.1) is 5.69 Å². The molecular weight excluding hydrogens is 599 g/mol. The molecule has 0 unspecified atom stereocenters. The summed E-state index contributed by atoms with van der Waals surface area (Å²) in [7, 11) is 0. The fourth-order valence-corrected chi connectivity index (χ4v) is 7.35. The smallest absolute Gasteiger partial charge is 0.159 e. The normalized spacial score (nSPS) is 11.7. The molecule has 10 aromatic rings. The van der Waals surface area contributed by atoms with Gasteiger partial charge in [-0.2, -0.15) is 0 Å². The molecule has 0 N–H and O–H groups in total. The van der Waals surface area contributed by atoms with Crippen LogP contribution in [0.3, 0.4) is 0 Å². The first-order chi connectivity index (χ1) is 24.3. The second-order valence-corrected chi connectivity index (χ2v) is 12.5. The maximum absolute atomic E-state index is 6.55. The molecule has 0 fully saturated rings. The van der Waals surface area contributed by atoms with E-state index in [0.717, 1.165) is 77.5 Å². The highest BCUT2D eigenvalue weighted by Gasteiger charge is 2.20. The van der Waals surface area contributed by atoms with Crippen LogP contribution in [-0.2, 0) is 0 Å². The lowest BCUT2D eigenvalue weighted by molar-refractivity contribution is 0.669. The molecule has 0 saturated heterocycles. The van der Waals surface area contributed by atoms with Crippen LogP contribution in [0.25, 0.3) is 76.9 Å². The van der Waals surface area contributed by atoms with Crippen molar-refractivity contribution in [2.75, 3.05) is 4.90 Å². The first-order valence-electron chi connectivity index (χ1n) is 16.6. The number of anilines is 3. The van der Waals surface area contributed by atoms with Crippen LogP contribution in [0.1, 0.15) is 0 Å². The predicted octanol–water partition coefficient (Wildman–Crippen LogP) is 13.4. The highest BCUT2D eigenvalue weighted by molar-refractivity contribution is 6.19. The first-order valence-corrected chi connectivity index (χ1v) is 16.6. The van der Waals surface area contributed by atoms with E-state index in [1.54, 1.807) is 0 Å². The lowest BCUT2D eigenvalue weighted by Gasteiger charge is -2.26. The largest absolute Gasteiger partial charge is 0.455 e. The van der Waals surface area contributed by atoms with Crippen LogP contribution < -0.4 is 4.90 Å². The summed E-state index contributed by atoms with van der Waals surface area (Å²) in [6.45, 7) is 0. The van der Waals surface area contributed by atoms with Crippen molar-refractivity contribution < 1.29 is 8.83 Å². The Balaban J connectivity index is 1.13. The van der Waals surface area contributed by atoms with Crippen molar-refractivity contribution in [3.63, 3.8) is 0 Å². The van der Waals surface area contributed by atoms with Crippen molar-refractivity contribution in [1.82, 2.24) is 0 Å². The number of hydrogen-bond acceptors (Lipinski definition) is 3. The molecule has 0 spiro atoms. The Kier molecular flexibility index (Phi) is 6.18. The van der Waals surface area contributed by atoms with Crippen LogP contribution in [-0.4, -0.2) is 0 Å². The average molecular weight is 628 g/mol. The van der Waals surface area contributed by atoms with Crippen molar-refractivity contribution in [2.24, 2.45) is 0 Å². The number of para-hydroxylation sites is 2. The van der Waals surface area contributed by atoms with Gasteiger partial charge in [-0.25, -0.2) is 0 Å². The molecular formula is C46H29NO2. The molecule has 0 atom stereocenters. The lowest BCUT2D eigenvalue weighted by Crippen LogP contribution is -2.10. The van der Waals surface area contributed by atoms with Gasteiger partial charge in [0.1, 0.15) is 16.7 Å². The van der Waals surface area contributed by atoms with Crippen LogP contribution in [0.2, 0.25) is 0 Å². The minimum absolute atomic E-state index is 0.863. The maximum atomic E-state index is 6.55. The molecule has 0 amide bonds. The molecule has 0 bridgehead atoms. The van der Waals surface area contributed by atoms with E-state index in [-0.39, 0.29) is 0 Å². The maximum Gasteiger partial charge on any atom is 0.159 e. The molecule has 3 nitrogen and oxygen atoms in total. The van der Waals surface area contributed by atoms with Gasteiger partial charge in [0.25, 0.3) is 0 Å². The van der Waals surface area contributed by atoms with Crippen LogP contribution in [0.5, 0.6) is 0 Å². The average Bonchev–Trinajstić information content (AvgIpc) is 3.75. The highest BCUT2D eigenvalue weighted by Crippen LogP contribution is 2.44. The topological polar surface area (TPSA) is 29.5 Å². The fraction of sp³-hybridized carbons (Fsp3) is 0. The Hall–Kier alpha value is -6.58. The Bertz CT molecular complexity index is 2810. The van der Waals surface area contributed by atoms with Gasteiger partial charge in [-0.3, -0.25) is 0 Å². The second-order valence-electron chi connectivity index (χ2n) is 12.5. The number of fused-ring (bicyclic) bond motifs is 8. The third kappa shape index (κ3) is 4.44. The molecule has 2 heterocycles.